The number of hydrogen-bond donors (Lipinski definition) is 0. The lowest BCUT2D eigenvalue weighted by atomic mass is 9.80. The van der Waals surface area contributed by atoms with Gasteiger partial charge in [0.05, 0.1) is 12.7 Å². The van der Waals surface area contributed by atoms with E-state index in [9.17, 15) is 22.8 Å². The fourth-order valence-corrected chi connectivity index (χ4v) is 3.35. The lowest BCUT2D eigenvalue weighted by Crippen LogP contribution is -2.15. The van der Waals surface area contributed by atoms with E-state index in [0.29, 0.717) is 23.1 Å². The molecule has 1 aliphatic carbocycles. The van der Waals surface area contributed by atoms with Gasteiger partial charge in [0.15, 0.2) is 0 Å². The van der Waals surface area contributed by atoms with E-state index in [1.165, 1.54) is 26.2 Å². The Morgan fingerprint density at radius 1 is 1.14 bits per heavy atom. The Labute approximate surface area is 159 Å². The molecular formula is C21H17F3O4. The predicted molar refractivity (Wildman–Crippen MR) is 96.0 cm³/mol. The van der Waals surface area contributed by atoms with Crippen molar-refractivity contribution in [3.05, 3.63) is 70.3 Å². The average Bonchev–Trinajstić information content (AvgIpc) is 2.65. The minimum atomic E-state index is -4.44. The maximum atomic E-state index is 13.1. The van der Waals surface area contributed by atoms with Crippen molar-refractivity contribution in [2.24, 2.45) is 0 Å². The first kappa shape index (κ1) is 19.7. The number of halogens is 3. The second-order valence-corrected chi connectivity index (χ2v) is 6.34. The molecule has 1 aliphatic rings. The van der Waals surface area contributed by atoms with Gasteiger partial charge in [-0.2, -0.15) is 13.2 Å². The Morgan fingerprint density at radius 2 is 1.89 bits per heavy atom. The Morgan fingerprint density at radius 3 is 2.54 bits per heavy atom. The Balaban J connectivity index is 2.14. The summed E-state index contributed by atoms with van der Waals surface area (Å²) in [5, 5.41) is 0. The number of esters is 2. The summed E-state index contributed by atoms with van der Waals surface area (Å²) >= 11 is 0. The molecule has 0 aliphatic heterocycles. The number of methoxy groups -OCH3 is 1. The molecule has 0 fully saturated rings. The standard InChI is InChI=1S/C21H17F3O4/c1-12(25)28-18-10-9-16-15(7-4-8-17(16)19(18)20(26)27-2)13-5-3-6-14(11-13)21(22,23)24/h3-6,8-11,15H,7H2,1-2H3. The monoisotopic (exact) mass is 390 g/mol. The molecule has 7 heteroatoms. The highest BCUT2D eigenvalue weighted by atomic mass is 19.4. The Bertz CT molecular complexity index is 961. The van der Waals surface area contributed by atoms with Crippen molar-refractivity contribution in [3.63, 3.8) is 0 Å². The molecule has 0 radical (unpaired) electrons. The largest absolute Gasteiger partial charge is 0.465 e. The average molecular weight is 390 g/mol. The van der Waals surface area contributed by atoms with Crippen LogP contribution in [0, 0.1) is 0 Å². The van der Waals surface area contributed by atoms with Gasteiger partial charge in [-0.1, -0.05) is 36.4 Å². The molecule has 4 nitrogen and oxygen atoms in total. The number of carbonyl (C=O) groups is 2. The molecule has 28 heavy (non-hydrogen) atoms. The number of carbonyl (C=O) groups excluding carboxylic acids is 2. The SMILES string of the molecule is COC(=O)c1c(OC(C)=O)ccc2c1C=CCC2c1cccc(C(F)(F)F)c1. The quantitative estimate of drug-likeness (QED) is 0.549. The number of rotatable bonds is 3. The van der Waals surface area contributed by atoms with Crippen molar-refractivity contribution in [2.75, 3.05) is 7.11 Å². The third-order valence-electron chi connectivity index (χ3n) is 4.53. The summed E-state index contributed by atoms with van der Waals surface area (Å²) in [6, 6.07) is 8.25. The maximum absolute atomic E-state index is 13.1. The highest BCUT2D eigenvalue weighted by Gasteiger charge is 2.32. The zero-order chi connectivity index (χ0) is 20.5. The van der Waals surface area contributed by atoms with Crippen molar-refractivity contribution < 1.29 is 32.2 Å². The van der Waals surface area contributed by atoms with Crippen LogP contribution in [-0.4, -0.2) is 19.0 Å². The Kier molecular flexibility index (Phi) is 5.27. The number of fused-ring (bicyclic) bond motifs is 1. The smallest absolute Gasteiger partial charge is 0.416 e. The van der Waals surface area contributed by atoms with Crippen LogP contribution in [0.2, 0.25) is 0 Å². The van der Waals surface area contributed by atoms with Crippen molar-refractivity contribution in [1.82, 2.24) is 0 Å². The third-order valence-corrected chi connectivity index (χ3v) is 4.53. The molecule has 0 aromatic heterocycles. The minimum Gasteiger partial charge on any atom is -0.465 e. The van der Waals surface area contributed by atoms with Crippen molar-refractivity contribution in [1.29, 1.82) is 0 Å². The minimum absolute atomic E-state index is 0.0486. The normalized spacial score (nSPS) is 15.7. The van der Waals surface area contributed by atoms with E-state index < -0.39 is 23.7 Å². The molecule has 1 unspecified atom stereocenters. The number of ether oxygens (including phenoxy) is 2. The van der Waals surface area contributed by atoms with Crippen LogP contribution in [-0.2, 0) is 15.7 Å². The second kappa shape index (κ2) is 7.50. The summed E-state index contributed by atoms with van der Waals surface area (Å²) in [6.45, 7) is 1.21. The van der Waals surface area contributed by atoms with Gasteiger partial charge in [-0.25, -0.2) is 4.79 Å². The van der Waals surface area contributed by atoms with Gasteiger partial charge in [-0.05, 0) is 35.2 Å². The van der Waals surface area contributed by atoms with Crippen LogP contribution in [0.1, 0.15) is 51.9 Å². The molecule has 0 saturated heterocycles. The highest BCUT2D eigenvalue weighted by molar-refractivity contribution is 5.98. The van der Waals surface area contributed by atoms with E-state index in [4.69, 9.17) is 9.47 Å². The topological polar surface area (TPSA) is 52.6 Å². The fourth-order valence-electron chi connectivity index (χ4n) is 3.35. The van der Waals surface area contributed by atoms with Gasteiger partial charge in [0.1, 0.15) is 11.3 Å². The van der Waals surface area contributed by atoms with Gasteiger partial charge < -0.3 is 9.47 Å². The van der Waals surface area contributed by atoms with Gasteiger partial charge in [0, 0.05) is 12.8 Å². The van der Waals surface area contributed by atoms with Gasteiger partial charge in [0.25, 0.3) is 0 Å². The van der Waals surface area contributed by atoms with Crippen LogP contribution in [0.3, 0.4) is 0 Å². The maximum Gasteiger partial charge on any atom is 0.416 e. The van der Waals surface area contributed by atoms with Gasteiger partial charge >= 0.3 is 18.1 Å². The first-order chi connectivity index (χ1) is 13.2. The molecule has 0 heterocycles. The number of allylic oxidation sites excluding steroid dienone is 1. The van der Waals surface area contributed by atoms with Crippen LogP contribution >= 0.6 is 0 Å². The Hall–Kier alpha value is -3.09. The molecule has 0 amide bonds. The van der Waals surface area contributed by atoms with Crippen molar-refractivity contribution in [3.8, 4) is 5.75 Å². The molecule has 2 aromatic carbocycles. The van der Waals surface area contributed by atoms with Crippen LogP contribution in [0.4, 0.5) is 13.2 Å². The zero-order valence-electron chi connectivity index (χ0n) is 15.2. The number of alkyl halides is 3. The van der Waals surface area contributed by atoms with E-state index in [2.05, 4.69) is 0 Å². The summed E-state index contributed by atoms with van der Waals surface area (Å²) in [5.74, 6) is -1.62. The van der Waals surface area contributed by atoms with E-state index in [-0.39, 0.29) is 17.2 Å². The molecule has 146 valence electrons. The van der Waals surface area contributed by atoms with E-state index in [1.807, 2.05) is 0 Å². The van der Waals surface area contributed by atoms with E-state index in [0.717, 1.165) is 12.1 Å². The first-order valence-corrected chi connectivity index (χ1v) is 8.49. The summed E-state index contributed by atoms with van der Waals surface area (Å²) < 4.78 is 49.2. The summed E-state index contributed by atoms with van der Waals surface area (Å²) in [5.41, 5.74) is 0.961. The van der Waals surface area contributed by atoms with Gasteiger partial charge in [-0.15, -0.1) is 0 Å². The first-order valence-electron chi connectivity index (χ1n) is 8.49. The molecule has 3 rings (SSSR count). The highest BCUT2D eigenvalue weighted by Crippen LogP contribution is 2.41. The molecule has 0 bridgehead atoms. The third kappa shape index (κ3) is 3.78. The fraction of sp³-hybridized carbons (Fsp3) is 0.238. The molecular weight excluding hydrogens is 373 g/mol. The lowest BCUT2D eigenvalue weighted by Gasteiger charge is -2.25. The van der Waals surface area contributed by atoms with Crippen molar-refractivity contribution >= 4 is 18.0 Å². The van der Waals surface area contributed by atoms with Gasteiger partial charge in [-0.3, -0.25) is 4.79 Å². The van der Waals surface area contributed by atoms with Crippen LogP contribution in [0.15, 0.2) is 42.5 Å². The molecule has 0 N–H and O–H groups in total. The summed E-state index contributed by atoms with van der Waals surface area (Å²) in [6.07, 6.45) is -0.502. The molecule has 1 atom stereocenters. The van der Waals surface area contributed by atoms with Crippen molar-refractivity contribution in [2.45, 2.75) is 25.4 Å². The second-order valence-electron chi connectivity index (χ2n) is 6.34. The predicted octanol–water partition coefficient (Wildman–Crippen LogP) is 4.97. The number of hydrogen-bond acceptors (Lipinski definition) is 4. The summed E-state index contributed by atoms with van der Waals surface area (Å²) in [7, 11) is 1.20. The molecule has 0 spiro atoms. The summed E-state index contributed by atoms with van der Waals surface area (Å²) in [4.78, 5) is 23.7. The molecule has 0 saturated carbocycles. The zero-order valence-corrected chi connectivity index (χ0v) is 15.2. The van der Waals surface area contributed by atoms with Crippen LogP contribution in [0.5, 0.6) is 5.75 Å². The van der Waals surface area contributed by atoms with E-state index >= 15 is 0 Å². The van der Waals surface area contributed by atoms with Gasteiger partial charge in [0.2, 0.25) is 0 Å². The number of benzene rings is 2. The van der Waals surface area contributed by atoms with Crippen LogP contribution in [0.25, 0.3) is 6.08 Å². The van der Waals surface area contributed by atoms with E-state index in [1.54, 1.807) is 24.3 Å². The molecule has 2 aromatic rings. The van der Waals surface area contributed by atoms with Crippen LogP contribution < -0.4 is 4.74 Å². The lowest BCUT2D eigenvalue weighted by molar-refractivity contribution is -0.137.